The van der Waals surface area contributed by atoms with Gasteiger partial charge in [-0.15, -0.1) is 6.58 Å². The molecule has 1 aliphatic carbocycles. The van der Waals surface area contributed by atoms with Gasteiger partial charge in [-0.05, 0) is 58.3 Å². The van der Waals surface area contributed by atoms with E-state index in [2.05, 4.69) is 6.58 Å². The molecule has 0 radical (unpaired) electrons. The summed E-state index contributed by atoms with van der Waals surface area (Å²) >= 11 is 0. The molecule has 2 unspecified atom stereocenters. The summed E-state index contributed by atoms with van der Waals surface area (Å²) in [4.78, 5) is 23.2. The third kappa shape index (κ3) is 8.77. The van der Waals surface area contributed by atoms with Crippen molar-refractivity contribution in [3.8, 4) is 0 Å². The van der Waals surface area contributed by atoms with E-state index in [-0.39, 0.29) is 17.8 Å². The lowest BCUT2D eigenvalue weighted by Gasteiger charge is -2.30. The minimum atomic E-state index is -1.40. The van der Waals surface area contributed by atoms with Crippen molar-refractivity contribution in [2.45, 2.75) is 53.6 Å². The van der Waals surface area contributed by atoms with Gasteiger partial charge in [0.1, 0.15) is 6.10 Å². The van der Waals surface area contributed by atoms with E-state index in [0.29, 0.717) is 38.4 Å². The maximum absolute atomic E-state index is 12.2. The quantitative estimate of drug-likeness (QED) is 0.141. The van der Waals surface area contributed by atoms with Crippen molar-refractivity contribution in [2.75, 3.05) is 26.4 Å². The molecule has 7 heteroatoms. The van der Waals surface area contributed by atoms with Crippen molar-refractivity contribution in [3.63, 3.8) is 0 Å². The lowest BCUT2D eigenvalue weighted by atomic mass is 9.82. The Balaban J connectivity index is 2.76. The highest BCUT2D eigenvalue weighted by atomic mass is 31.2. The van der Waals surface area contributed by atoms with Crippen LogP contribution in [0.4, 0.5) is 0 Å². The second kappa shape index (κ2) is 13.3. The van der Waals surface area contributed by atoms with E-state index in [0.717, 1.165) is 17.6 Å². The maximum Gasteiger partial charge on any atom is 0.332 e. The van der Waals surface area contributed by atoms with Crippen LogP contribution in [-0.4, -0.2) is 38.3 Å². The van der Waals surface area contributed by atoms with Crippen LogP contribution in [0.2, 0.25) is 0 Å². The van der Waals surface area contributed by atoms with Crippen molar-refractivity contribution in [1.29, 1.82) is 0 Å². The second-order valence-corrected chi connectivity index (χ2v) is 7.59. The van der Waals surface area contributed by atoms with E-state index in [1.54, 1.807) is 6.92 Å². The monoisotopic (exact) mass is 400 g/mol. The molecule has 0 aromatic carbocycles. The summed E-state index contributed by atoms with van der Waals surface area (Å²) in [6.45, 7) is 15.1. The van der Waals surface area contributed by atoms with Crippen LogP contribution in [0.25, 0.3) is 0 Å². The van der Waals surface area contributed by atoms with Gasteiger partial charge in [0.05, 0.1) is 26.4 Å². The summed E-state index contributed by atoms with van der Waals surface area (Å²) in [6.07, 6.45) is 4.54. The number of hydrogen-bond acceptors (Lipinski definition) is 6. The average Bonchev–Trinajstić information content (AvgIpc) is 2.62. The molecule has 0 aromatic rings. The number of hydrogen-bond donors (Lipinski definition) is 0. The topological polar surface area (TPSA) is 63.2 Å². The molecule has 0 aromatic heterocycles. The Morgan fingerprint density at radius 3 is 2.52 bits per heavy atom. The molecule has 1 aliphatic rings. The zero-order valence-electron chi connectivity index (χ0n) is 17.2. The first-order valence-corrected chi connectivity index (χ1v) is 10.5. The Bertz CT molecular complexity index is 537. The highest BCUT2D eigenvalue weighted by molar-refractivity contribution is 7.41. The maximum atomic E-state index is 12.2. The third-order valence-corrected chi connectivity index (χ3v) is 5.38. The second-order valence-electron chi connectivity index (χ2n) is 6.37. The molecule has 0 bridgehead atoms. The van der Waals surface area contributed by atoms with Gasteiger partial charge in [0.15, 0.2) is 5.78 Å². The standard InChI is InChI=1S/C20H33O6P/c1-7-17(14-25-27(23-8-2)24-9-3)18-13-19(21)16(6)12-20(18)26-22-11-10-15(4)5/h7,12,18,20H,4,8-11,13-14H2,1-3,5-6H3/b17-7-. The lowest BCUT2D eigenvalue weighted by Crippen LogP contribution is -2.32. The van der Waals surface area contributed by atoms with E-state index in [1.165, 1.54) is 0 Å². The molecule has 0 saturated carbocycles. The fraction of sp³-hybridized carbons (Fsp3) is 0.650. The number of ketones is 1. The van der Waals surface area contributed by atoms with Gasteiger partial charge < -0.3 is 13.6 Å². The van der Waals surface area contributed by atoms with Gasteiger partial charge in [0, 0.05) is 12.3 Å². The number of Topliss-reactive ketones (excluding diaryl/α,β-unsaturated/α-hetero) is 1. The van der Waals surface area contributed by atoms with Gasteiger partial charge >= 0.3 is 8.60 Å². The SMILES string of the molecule is C=C(C)CCOOC1C=C(C)C(=O)CC1/C(=C\C)COP(OCC)OCC. The molecular formula is C20H33O6P. The van der Waals surface area contributed by atoms with E-state index < -0.39 is 8.60 Å². The van der Waals surface area contributed by atoms with Crippen molar-refractivity contribution in [3.05, 3.63) is 35.5 Å². The van der Waals surface area contributed by atoms with Crippen LogP contribution in [0.1, 0.15) is 47.5 Å². The molecule has 27 heavy (non-hydrogen) atoms. The van der Waals surface area contributed by atoms with Gasteiger partial charge in [-0.2, -0.15) is 0 Å². The molecule has 1 rings (SSSR count). The fourth-order valence-electron chi connectivity index (χ4n) is 2.57. The van der Waals surface area contributed by atoms with Crippen LogP contribution in [0.5, 0.6) is 0 Å². The minimum Gasteiger partial charge on any atom is -0.313 e. The molecule has 154 valence electrons. The zero-order valence-corrected chi connectivity index (χ0v) is 18.1. The first kappa shape index (κ1) is 24.2. The van der Waals surface area contributed by atoms with Crippen molar-refractivity contribution in [1.82, 2.24) is 0 Å². The van der Waals surface area contributed by atoms with E-state index in [4.69, 9.17) is 23.3 Å². The highest BCUT2D eigenvalue weighted by Crippen LogP contribution is 2.41. The van der Waals surface area contributed by atoms with Crippen LogP contribution in [-0.2, 0) is 28.1 Å². The van der Waals surface area contributed by atoms with Crippen molar-refractivity contribution in [2.24, 2.45) is 5.92 Å². The van der Waals surface area contributed by atoms with Gasteiger partial charge in [-0.3, -0.25) is 4.79 Å². The largest absolute Gasteiger partial charge is 0.332 e. The van der Waals surface area contributed by atoms with Crippen molar-refractivity contribution >= 4 is 14.4 Å². The predicted molar refractivity (Wildman–Crippen MR) is 107 cm³/mol. The first-order valence-electron chi connectivity index (χ1n) is 9.41. The van der Waals surface area contributed by atoms with Crippen molar-refractivity contribution < 1.29 is 28.1 Å². The fourth-order valence-corrected chi connectivity index (χ4v) is 3.47. The molecule has 0 amide bonds. The molecular weight excluding hydrogens is 367 g/mol. The number of allylic oxidation sites excluding steroid dienone is 2. The summed E-state index contributed by atoms with van der Waals surface area (Å²) in [5, 5.41) is 0. The van der Waals surface area contributed by atoms with Gasteiger partial charge in [0.25, 0.3) is 0 Å². The number of carbonyl (C=O) groups excluding carboxylic acids is 1. The minimum absolute atomic E-state index is 0.109. The molecule has 0 heterocycles. The number of carbonyl (C=O) groups is 1. The smallest absolute Gasteiger partial charge is 0.313 e. The van der Waals surface area contributed by atoms with Crippen LogP contribution in [0, 0.1) is 5.92 Å². The summed E-state index contributed by atoms with van der Waals surface area (Å²) in [5.41, 5.74) is 2.69. The lowest BCUT2D eigenvalue weighted by molar-refractivity contribution is -0.320. The Hall–Kier alpha value is -0.880. The van der Waals surface area contributed by atoms with Crippen LogP contribution in [0.3, 0.4) is 0 Å². The molecule has 0 fully saturated rings. The summed E-state index contributed by atoms with van der Waals surface area (Å²) in [6, 6.07) is 0. The Labute approximate surface area is 164 Å². The Morgan fingerprint density at radius 1 is 1.30 bits per heavy atom. The average molecular weight is 400 g/mol. The number of rotatable bonds is 13. The van der Waals surface area contributed by atoms with Crippen LogP contribution in [0.15, 0.2) is 35.5 Å². The summed E-state index contributed by atoms with van der Waals surface area (Å²) in [7, 11) is -1.40. The van der Waals surface area contributed by atoms with Gasteiger partial charge in [-0.25, -0.2) is 9.78 Å². The van der Waals surface area contributed by atoms with Crippen LogP contribution < -0.4 is 0 Å². The first-order chi connectivity index (χ1) is 12.9. The summed E-state index contributed by atoms with van der Waals surface area (Å²) in [5.74, 6) is -0.0332. The molecule has 0 saturated heterocycles. The summed E-state index contributed by atoms with van der Waals surface area (Å²) < 4.78 is 16.8. The molecule has 6 nitrogen and oxygen atoms in total. The normalized spacial score (nSPS) is 20.9. The van der Waals surface area contributed by atoms with Gasteiger partial charge in [-0.1, -0.05) is 11.6 Å². The van der Waals surface area contributed by atoms with E-state index >= 15 is 0 Å². The van der Waals surface area contributed by atoms with Gasteiger partial charge in [0.2, 0.25) is 0 Å². The molecule has 0 spiro atoms. The molecule has 0 N–H and O–H groups in total. The Morgan fingerprint density at radius 2 is 1.96 bits per heavy atom. The highest BCUT2D eigenvalue weighted by Gasteiger charge is 2.33. The van der Waals surface area contributed by atoms with E-state index in [1.807, 2.05) is 39.8 Å². The molecule has 2 atom stereocenters. The molecule has 0 aliphatic heterocycles. The zero-order chi connectivity index (χ0) is 20.2. The predicted octanol–water partition coefficient (Wildman–Crippen LogP) is 5.07. The Kier molecular flexibility index (Phi) is 11.9. The van der Waals surface area contributed by atoms with Crippen LogP contribution >= 0.6 is 8.60 Å². The third-order valence-electron chi connectivity index (χ3n) is 4.10. The van der Waals surface area contributed by atoms with E-state index in [9.17, 15) is 4.79 Å².